The molecule has 5 atom stereocenters. The van der Waals surface area contributed by atoms with Crippen LogP contribution in [0.25, 0.3) is 0 Å². The number of carbonyl (C=O) groups excluding carboxylic acids is 2. The number of hydrogen-bond donors (Lipinski definition) is 0. The van der Waals surface area contributed by atoms with E-state index in [4.69, 9.17) is 14.2 Å². The summed E-state index contributed by atoms with van der Waals surface area (Å²) in [5.74, 6) is 2.23. The average Bonchev–Trinajstić information content (AvgIpc) is 3.16. The van der Waals surface area contributed by atoms with Gasteiger partial charge in [0.15, 0.2) is 23.0 Å². The Bertz CT molecular complexity index is 1200. The average molecular weight is 490 g/mol. The number of rotatable bonds is 6. The number of ether oxygens (including phenoxy) is 3. The number of ketones is 1. The van der Waals surface area contributed by atoms with Crippen LogP contribution in [-0.2, 0) is 20.7 Å². The molecule has 0 spiro atoms. The van der Waals surface area contributed by atoms with Crippen molar-refractivity contribution < 1.29 is 23.8 Å². The second kappa shape index (κ2) is 9.64. The molecule has 2 aromatic rings. The first kappa shape index (κ1) is 24.4. The smallest absolute Gasteiger partial charge is 0.290 e. The zero-order chi connectivity index (χ0) is 25.6. The molecule has 2 heterocycles. The Hall–Kier alpha value is -3.28. The number of fused-ring (bicyclic) bond motifs is 1. The first-order valence-corrected chi connectivity index (χ1v) is 12.9. The molecule has 3 aliphatic rings. The normalized spacial score (nSPS) is 27.5. The van der Waals surface area contributed by atoms with E-state index in [-0.39, 0.29) is 29.5 Å². The molecule has 0 N–H and O–H groups in total. The summed E-state index contributed by atoms with van der Waals surface area (Å²) < 4.78 is 17.2. The van der Waals surface area contributed by atoms with Gasteiger partial charge in [-0.05, 0) is 61.3 Å². The second-order valence-corrected chi connectivity index (χ2v) is 10.5. The number of benzene rings is 2. The maximum Gasteiger partial charge on any atom is 0.290 e. The molecule has 2 aromatic carbocycles. The predicted octanol–water partition coefficient (Wildman–Crippen LogP) is 5.04. The summed E-state index contributed by atoms with van der Waals surface area (Å²) in [4.78, 5) is 29.5. The number of Topliss-reactive ketones (excluding diaryl/α,β-unsaturated/α-hetero) is 1. The van der Waals surface area contributed by atoms with Crippen molar-refractivity contribution in [3.05, 3.63) is 70.5 Å². The molecule has 6 heteroatoms. The third-order valence-corrected chi connectivity index (χ3v) is 8.29. The molecule has 190 valence electrons. The van der Waals surface area contributed by atoms with E-state index < -0.39 is 6.04 Å². The van der Waals surface area contributed by atoms with Gasteiger partial charge in [0.25, 0.3) is 5.91 Å². The predicted molar refractivity (Wildman–Crippen MR) is 137 cm³/mol. The maximum atomic E-state index is 13.9. The summed E-state index contributed by atoms with van der Waals surface area (Å²) in [5.41, 5.74) is 3.64. The van der Waals surface area contributed by atoms with Gasteiger partial charge in [-0.25, -0.2) is 0 Å². The van der Waals surface area contributed by atoms with Crippen molar-refractivity contribution >= 4 is 11.7 Å². The molecule has 1 fully saturated rings. The molecule has 0 saturated heterocycles. The van der Waals surface area contributed by atoms with Crippen LogP contribution in [0, 0.1) is 24.7 Å². The Kier molecular flexibility index (Phi) is 6.54. The highest BCUT2D eigenvalue weighted by Crippen LogP contribution is 2.48. The van der Waals surface area contributed by atoms with E-state index >= 15 is 0 Å². The van der Waals surface area contributed by atoms with Crippen LogP contribution in [0.2, 0.25) is 0 Å². The minimum atomic E-state index is -0.434. The molecule has 1 aliphatic carbocycles. The number of hydrogen-bond acceptors (Lipinski definition) is 5. The number of aryl methyl sites for hydroxylation is 1. The Balaban J connectivity index is 1.48. The Labute approximate surface area is 213 Å². The van der Waals surface area contributed by atoms with E-state index in [9.17, 15) is 9.59 Å². The van der Waals surface area contributed by atoms with Crippen LogP contribution in [-0.4, -0.2) is 43.5 Å². The second-order valence-electron chi connectivity index (χ2n) is 10.5. The number of carbonyl (C=O) groups is 2. The van der Waals surface area contributed by atoms with Crippen LogP contribution in [0.5, 0.6) is 11.5 Å². The van der Waals surface area contributed by atoms with Gasteiger partial charge in [-0.2, -0.15) is 0 Å². The fraction of sp³-hybridized carbons (Fsp3) is 0.467. The van der Waals surface area contributed by atoms with Crippen molar-refractivity contribution in [2.24, 2.45) is 17.8 Å². The van der Waals surface area contributed by atoms with E-state index in [2.05, 4.69) is 13.8 Å². The molecule has 36 heavy (non-hydrogen) atoms. The molecule has 6 nitrogen and oxygen atoms in total. The van der Waals surface area contributed by atoms with Gasteiger partial charge in [-0.15, -0.1) is 0 Å². The summed E-state index contributed by atoms with van der Waals surface area (Å²) in [5, 5.41) is 0. The zero-order valence-corrected chi connectivity index (χ0v) is 21.7. The number of methoxy groups -OCH3 is 2. The van der Waals surface area contributed by atoms with Gasteiger partial charge in [0.2, 0.25) is 0 Å². The van der Waals surface area contributed by atoms with Gasteiger partial charge in [-0.3, -0.25) is 9.59 Å². The van der Waals surface area contributed by atoms with Crippen molar-refractivity contribution in [2.45, 2.75) is 52.2 Å². The largest absolute Gasteiger partial charge is 0.493 e. The van der Waals surface area contributed by atoms with Crippen LogP contribution in [0.15, 0.2) is 53.8 Å². The van der Waals surface area contributed by atoms with Crippen LogP contribution in [0.1, 0.15) is 49.4 Å². The van der Waals surface area contributed by atoms with Crippen LogP contribution < -0.4 is 9.47 Å². The Morgan fingerprint density at radius 1 is 0.944 bits per heavy atom. The highest BCUT2D eigenvalue weighted by Gasteiger charge is 2.53. The van der Waals surface area contributed by atoms with Crippen molar-refractivity contribution in [1.82, 2.24) is 4.90 Å². The topological polar surface area (TPSA) is 65.1 Å². The fourth-order valence-corrected chi connectivity index (χ4v) is 5.92. The summed E-state index contributed by atoms with van der Waals surface area (Å²) in [7, 11) is 3.22. The molecule has 1 saturated carbocycles. The van der Waals surface area contributed by atoms with Gasteiger partial charge in [0.05, 0.1) is 31.8 Å². The van der Waals surface area contributed by atoms with E-state index in [1.807, 2.05) is 54.3 Å². The lowest BCUT2D eigenvalue weighted by atomic mass is 9.70. The minimum Gasteiger partial charge on any atom is -0.493 e. The molecule has 0 bridgehead atoms. The Morgan fingerprint density at radius 3 is 2.33 bits per heavy atom. The molecule has 0 radical (unpaired) electrons. The van der Waals surface area contributed by atoms with Crippen LogP contribution >= 0.6 is 0 Å². The first-order chi connectivity index (χ1) is 17.3. The molecule has 5 unspecified atom stereocenters. The first-order valence-electron chi connectivity index (χ1n) is 12.9. The van der Waals surface area contributed by atoms with Crippen LogP contribution in [0.3, 0.4) is 0 Å². The third-order valence-electron chi connectivity index (χ3n) is 8.29. The van der Waals surface area contributed by atoms with Crippen molar-refractivity contribution in [1.29, 1.82) is 0 Å². The van der Waals surface area contributed by atoms with Crippen LogP contribution in [0.4, 0.5) is 0 Å². The van der Waals surface area contributed by atoms with Gasteiger partial charge >= 0.3 is 0 Å². The lowest BCUT2D eigenvalue weighted by molar-refractivity contribution is -0.137. The molecule has 2 aliphatic heterocycles. The molecule has 5 rings (SSSR count). The fourth-order valence-electron chi connectivity index (χ4n) is 5.92. The van der Waals surface area contributed by atoms with E-state index in [1.54, 1.807) is 14.2 Å². The lowest BCUT2D eigenvalue weighted by Gasteiger charge is -2.40. The van der Waals surface area contributed by atoms with Crippen molar-refractivity contribution in [3.8, 4) is 11.5 Å². The summed E-state index contributed by atoms with van der Waals surface area (Å²) in [6.07, 6.45) is 2.02. The van der Waals surface area contributed by atoms with Gasteiger partial charge < -0.3 is 19.1 Å². The third kappa shape index (κ3) is 4.16. The molecular weight excluding hydrogens is 454 g/mol. The van der Waals surface area contributed by atoms with E-state index in [0.29, 0.717) is 41.9 Å². The van der Waals surface area contributed by atoms with Crippen molar-refractivity contribution in [2.75, 3.05) is 20.8 Å². The standard InChI is InChI=1S/C30H35NO5/c1-17-6-9-21(10-7-17)27-26-28(32)22-14-18(2)19(3)15-24(22)36-29(26)30(33)31(27)13-12-20-8-11-23(34-4)25(16-20)35-5/h6-11,16,18-19,22,24,27H,12-15H2,1-5H3. The number of amides is 1. The van der Waals surface area contributed by atoms with Gasteiger partial charge in [0.1, 0.15) is 6.10 Å². The van der Waals surface area contributed by atoms with Gasteiger partial charge in [-0.1, -0.05) is 49.7 Å². The highest BCUT2D eigenvalue weighted by atomic mass is 16.5. The maximum absolute atomic E-state index is 13.9. The quantitative estimate of drug-likeness (QED) is 0.569. The monoisotopic (exact) mass is 489 g/mol. The van der Waals surface area contributed by atoms with E-state index in [0.717, 1.165) is 29.5 Å². The lowest BCUT2D eigenvalue weighted by Crippen LogP contribution is -2.43. The SMILES string of the molecule is COc1ccc(CCN2C(=O)C3=C(C(=O)C4CC(C)C(C)CC4O3)C2c2ccc(C)cc2)cc1OC. The minimum absolute atomic E-state index is 0.0903. The Morgan fingerprint density at radius 2 is 1.64 bits per heavy atom. The molecule has 1 amide bonds. The highest BCUT2D eigenvalue weighted by molar-refractivity contribution is 6.11. The molecular formula is C30H35NO5. The number of nitrogens with zero attached hydrogens (tertiary/aromatic N) is 1. The summed E-state index contributed by atoms with van der Waals surface area (Å²) >= 11 is 0. The van der Waals surface area contributed by atoms with Gasteiger partial charge in [0, 0.05) is 6.54 Å². The molecule has 0 aromatic heterocycles. The van der Waals surface area contributed by atoms with E-state index in [1.165, 1.54) is 0 Å². The summed E-state index contributed by atoms with van der Waals surface area (Å²) in [6, 6.07) is 13.5. The van der Waals surface area contributed by atoms with Crippen molar-refractivity contribution in [3.63, 3.8) is 0 Å². The summed E-state index contributed by atoms with van der Waals surface area (Å²) in [6.45, 7) is 6.91. The zero-order valence-electron chi connectivity index (χ0n) is 21.7.